The Hall–Kier alpha value is -2.61. The molecule has 0 unspecified atom stereocenters. The van der Waals surface area contributed by atoms with E-state index in [2.05, 4.69) is 83.3 Å². The highest BCUT2D eigenvalue weighted by atomic mass is 15.3. The maximum Gasteiger partial charge on any atom is 0.194 e. The average Bonchev–Trinajstić information content (AvgIpc) is 3.12. The van der Waals surface area contributed by atoms with Gasteiger partial charge in [0.1, 0.15) is 5.82 Å². The summed E-state index contributed by atoms with van der Waals surface area (Å²) in [6.45, 7) is 12.9. The number of rotatable bonds is 7. The lowest BCUT2D eigenvalue weighted by molar-refractivity contribution is 0.312. The molecule has 0 aliphatic carbocycles. The summed E-state index contributed by atoms with van der Waals surface area (Å²) in [5.41, 5.74) is 3.57. The second-order valence-electron chi connectivity index (χ2n) is 8.71. The first-order valence-electron chi connectivity index (χ1n) is 11.3. The van der Waals surface area contributed by atoms with Crippen molar-refractivity contribution in [1.82, 2.24) is 29.9 Å². The van der Waals surface area contributed by atoms with Crippen LogP contribution in [-0.4, -0.2) is 77.3 Å². The van der Waals surface area contributed by atoms with Gasteiger partial charge in [0.25, 0.3) is 0 Å². The van der Waals surface area contributed by atoms with Gasteiger partial charge in [-0.3, -0.25) is 4.68 Å². The van der Waals surface area contributed by atoms with Crippen molar-refractivity contribution in [3.05, 3.63) is 41.3 Å². The van der Waals surface area contributed by atoms with Crippen molar-refractivity contribution in [3.8, 4) is 0 Å². The summed E-state index contributed by atoms with van der Waals surface area (Å²) in [6.07, 6.45) is 4.01. The normalized spacial score (nSPS) is 15.6. The highest BCUT2D eigenvalue weighted by molar-refractivity contribution is 5.79. The number of anilines is 1. The molecule has 0 radical (unpaired) electrons. The molecule has 170 valence electrons. The SMILES string of the molecule is CCNC(=NCc1ccnc(N2CCN(C)CC2)c1)N(C)Cc1cn(C)nc1C(C)C. The number of nitrogens with zero attached hydrogens (tertiary/aromatic N) is 7. The van der Waals surface area contributed by atoms with Gasteiger partial charge in [-0.1, -0.05) is 13.8 Å². The van der Waals surface area contributed by atoms with Gasteiger partial charge in [-0.15, -0.1) is 0 Å². The van der Waals surface area contributed by atoms with E-state index in [4.69, 9.17) is 4.99 Å². The van der Waals surface area contributed by atoms with Crippen LogP contribution in [0, 0.1) is 0 Å². The highest BCUT2D eigenvalue weighted by Crippen LogP contribution is 2.19. The Morgan fingerprint density at radius 1 is 1.23 bits per heavy atom. The smallest absolute Gasteiger partial charge is 0.194 e. The maximum atomic E-state index is 4.91. The van der Waals surface area contributed by atoms with Crippen LogP contribution in [0.15, 0.2) is 29.5 Å². The third-order valence-electron chi connectivity index (χ3n) is 5.64. The molecule has 1 fully saturated rings. The zero-order chi connectivity index (χ0) is 22.4. The molecule has 1 N–H and O–H groups in total. The zero-order valence-electron chi connectivity index (χ0n) is 20.0. The molecule has 1 aliphatic heterocycles. The Balaban J connectivity index is 1.70. The lowest BCUT2D eigenvalue weighted by Crippen LogP contribution is -2.44. The maximum absolute atomic E-state index is 4.91. The lowest BCUT2D eigenvalue weighted by Gasteiger charge is -2.33. The van der Waals surface area contributed by atoms with E-state index in [1.54, 1.807) is 0 Å². The summed E-state index contributed by atoms with van der Waals surface area (Å²) < 4.78 is 1.90. The van der Waals surface area contributed by atoms with E-state index in [1.807, 2.05) is 17.9 Å². The third-order valence-corrected chi connectivity index (χ3v) is 5.64. The van der Waals surface area contributed by atoms with Gasteiger partial charge in [-0.05, 0) is 37.6 Å². The first kappa shape index (κ1) is 23.1. The molecule has 0 spiro atoms. The molecule has 2 aromatic rings. The Labute approximate surface area is 187 Å². The minimum Gasteiger partial charge on any atom is -0.357 e. The molecule has 8 heteroatoms. The molecule has 0 saturated carbocycles. The van der Waals surface area contributed by atoms with Crippen LogP contribution >= 0.6 is 0 Å². The Morgan fingerprint density at radius 2 is 1.97 bits per heavy atom. The van der Waals surface area contributed by atoms with Crippen molar-refractivity contribution in [1.29, 1.82) is 0 Å². The molecule has 0 bridgehead atoms. The fourth-order valence-corrected chi connectivity index (χ4v) is 3.90. The summed E-state index contributed by atoms with van der Waals surface area (Å²) in [5, 5.41) is 8.06. The van der Waals surface area contributed by atoms with E-state index >= 15 is 0 Å². The van der Waals surface area contributed by atoms with Crippen molar-refractivity contribution in [2.24, 2.45) is 12.0 Å². The number of nitrogens with one attached hydrogen (secondary N) is 1. The van der Waals surface area contributed by atoms with Crippen LogP contribution in [0.25, 0.3) is 0 Å². The van der Waals surface area contributed by atoms with Crippen LogP contribution in [0.4, 0.5) is 5.82 Å². The van der Waals surface area contributed by atoms with Crippen molar-refractivity contribution < 1.29 is 0 Å². The van der Waals surface area contributed by atoms with E-state index < -0.39 is 0 Å². The topological polar surface area (TPSA) is 64.8 Å². The zero-order valence-corrected chi connectivity index (χ0v) is 20.0. The van der Waals surface area contributed by atoms with Crippen LogP contribution in [0.2, 0.25) is 0 Å². The molecule has 31 heavy (non-hydrogen) atoms. The molecule has 1 saturated heterocycles. The number of aryl methyl sites for hydroxylation is 1. The average molecular weight is 427 g/mol. The van der Waals surface area contributed by atoms with Crippen LogP contribution < -0.4 is 10.2 Å². The van der Waals surface area contributed by atoms with Crippen LogP contribution in [0.5, 0.6) is 0 Å². The van der Waals surface area contributed by atoms with Gasteiger partial charge in [0, 0.05) is 71.3 Å². The van der Waals surface area contributed by atoms with Gasteiger partial charge < -0.3 is 20.0 Å². The second-order valence-corrected chi connectivity index (χ2v) is 8.71. The summed E-state index contributed by atoms with van der Waals surface area (Å²) in [7, 11) is 6.24. The summed E-state index contributed by atoms with van der Waals surface area (Å²) in [5.74, 6) is 2.35. The predicted molar refractivity (Wildman–Crippen MR) is 128 cm³/mol. The number of hydrogen-bond acceptors (Lipinski definition) is 5. The largest absolute Gasteiger partial charge is 0.357 e. The molecule has 8 nitrogen and oxygen atoms in total. The van der Waals surface area contributed by atoms with Gasteiger partial charge in [-0.25, -0.2) is 9.98 Å². The molecular formula is C23H38N8. The summed E-state index contributed by atoms with van der Waals surface area (Å²) >= 11 is 0. The van der Waals surface area contributed by atoms with Crippen LogP contribution in [-0.2, 0) is 20.1 Å². The quantitative estimate of drug-likeness (QED) is 0.541. The lowest BCUT2D eigenvalue weighted by atomic mass is 10.1. The van der Waals surface area contributed by atoms with E-state index in [-0.39, 0.29) is 0 Å². The van der Waals surface area contributed by atoms with Crippen LogP contribution in [0.3, 0.4) is 0 Å². The van der Waals surface area contributed by atoms with E-state index in [1.165, 1.54) is 11.1 Å². The minimum absolute atomic E-state index is 0.397. The molecule has 1 aliphatic rings. The number of guanidine groups is 1. The summed E-state index contributed by atoms with van der Waals surface area (Å²) in [4.78, 5) is 16.4. The number of pyridine rings is 1. The Morgan fingerprint density at radius 3 is 2.65 bits per heavy atom. The number of aliphatic imine (C=N–C) groups is 1. The monoisotopic (exact) mass is 426 g/mol. The molecule has 0 aromatic carbocycles. The number of likely N-dealkylation sites (N-methyl/N-ethyl adjacent to an activating group) is 1. The molecule has 3 heterocycles. The minimum atomic E-state index is 0.397. The summed E-state index contributed by atoms with van der Waals surface area (Å²) in [6, 6.07) is 4.24. The highest BCUT2D eigenvalue weighted by Gasteiger charge is 2.17. The van der Waals surface area contributed by atoms with Gasteiger partial charge in [0.2, 0.25) is 0 Å². The Kier molecular flexibility index (Phi) is 7.90. The fourth-order valence-electron chi connectivity index (χ4n) is 3.90. The first-order valence-corrected chi connectivity index (χ1v) is 11.3. The third kappa shape index (κ3) is 6.19. The second kappa shape index (κ2) is 10.6. The molecular weight excluding hydrogens is 388 g/mol. The molecule has 3 rings (SSSR count). The fraction of sp³-hybridized carbons (Fsp3) is 0.609. The number of piperazine rings is 1. The van der Waals surface area contributed by atoms with Crippen molar-refractivity contribution >= 4 is 11.8 Å². The van der Waals surface area contributed by atoms with E-state index in [0.717, 1.165) is 56.7 Å². The predicted octanol–water partition coefficient (Wildman–Crippen LogP) is 2.29. The van der Waals surface area contributed by atoms with Gasteiger partial charge in [-0.2, -0.15) is 5.10 Å². The van der Waals surface area contributed by atoms with Crippen molar-refractivity contribution in [3.63, 3.8) is 0 Å². The van der Waals surface area contributed by atoms with Gasteiger partial charge in [0.05, 0.1) is 12.2 Å². The standard InChI is InChI=1S/C23H38N8/c1-7-24-23(29(5)16-20-17-30(6)27-22(20)18(2)3)26-15-19-8-9-25-21(14-19)31-12-10-28(4)11-13-31/h8-9,14,17-18H,7,10-13,15-16H2,1-6H3,(H,24,26). The van der Waals surface area contributed by atoms with Crippen LogP contribution in [0.1, 0.15) is 43.5 Å². The van der Waals surface area contributed by atoms with Gasteiger partial charge in [0.15, 0.2) is 5.96 Å². The number of aromatic nitrogens is 3. The Bertz CT molecular complexity index is 864. The van der Waals surface area contributed by atoms with Crippen molar-refractivity contribution in [2.45, 2.75) is 39.8 Å². The first-order chi connectivity index (χ1) is 14.9. The molecule has 0 amide bonds. The van der Waals surface area contributed by atoms with Gasteiger partial charge >= 0.3 is 0 Å². The molecule has 0 atom stereocenters. The van der Waals surface area contributed by atoms with Crippen molar-refractivity contribution in [2.75, 3.05) is 51.7 Å². The number of hydrogen-bond donors (Lipinski definition) is 1. The molecule has 2 aromatic heterocycles. The van der Waals surface area contributed by atoms with E-state index in [9.17, 15) is 0 Å². The van der Waals surface area contributed by atoms with E-state index in [0.29, 0.717) is 12.5 Å².